The highest BCUT2D eigenvalue weighted by atomic mass is 32.2. The summed E-state index contributed by atoms with van der Waals surface area (Å²) in [5.41, 5.74) is -0.367. The predicted molar refractivity (Wildman–Crippen MR) is 80.5 cm³/mol. The van der Waals surface area contributed by atoms with E-state index < -0.39 is 15.6 Å². The van der Waals surface area contributed by atoms with Crippen molar-refractivity contribution in [2.45, 2.75) is 5.60 Å². The normalized spacial score (nSPS) is 27.1. The van der Waals surface area contributed by atoms with Gasteiger partial charge in [0.1, 0.15) is 11.9 Å². The minimum atomic E-state index is -3.35. The lowest BCUT2D eigenvalue weighted by Crippen LogP contribution is -2.60. The lowest BCUT2D eigenvalue weighted by atomic mass is 10.0. The van der Waals surface area contributed by atoms with Crippen molar-refractivity contribution < 1.29 is 27.1 Å². The topological polar surface area (TPSA) is 89.3 Å². The molecule has 2 aliphatic heterocycles. The first-order valence-electron chi connectivity index (χ1n) is 7.38. The van der Waals surface area contributed by atoms with E-state index in [-0.39, 0.29) is 25.6 Å². The van der Waals surface area contributed by atoms with Gasteiger partial charge in [-0.2, -0.15) is 4.31 Å². The molecule has 3 heterocycles. The molecule has 0 aromatic carbocycles. The first kappa shape index (κ1) is 16.4. The van der Waals surface area contributed by atoms with Crippen LogP contribution < -0.4 is 0 Å². The van der Waals surface area contributed by atoms with Gasteiger partial charge in [0, 0.05) is 19.6 Å². The Morgan fingerprint density at radius 2 is 2.09 bits per heavy atom. The van der Waals surface area contributed by atoms with Gasteiger partial charge in [0.05, 0.1) is 44.4 Å². The summed E-state index contributed by atoms with van der Waals surface area (Å²) >= 11 is 0. The Morgan fingerprint density at radius 1 is 1.26 bits per heavy atom. The molecular formula is C14H20N2O6S. The van der Waals surface area contributed by atoms with Crippen LogP contribution in [0.1, 0.15) is 10.4 Å². The van der Waals surface area contributed by atoms with Gasteiger partial charge < -0.3 is 18.8 Å². The van der Waals surface area contributed by atoms with Crippen LogP contribution in [0.4, 0.5) is 0 Å². The Balaban J connectivity index is 1.79. The summed E-state index contributed by atoms with van der Waals surface area (Å²) < 4.78 is 41.5. The molecule has 1 amide bonds. The molecule has 23 heavy (non-hydrogen) atoms. The highest BCUT2D eigenvalue weighted by Crippen LogP contribution is 2.25. The average molecular weight is 344 g/mol. The molecule has 1 atom stereocenters. The van der Waals surface area contributed by atoms with E-state index in [1.807, 2.05) is 0 Å². The van der Waals surface area contributed by atoms with Gasteiger partial charge in [-0.15, -0.1) is 0 Å². The van der Waals surface area contributed by atoms with Gasteiger partial charge >= 0.3 is 0 Å². The van der Waals surface area contributed by atoms with E-state index in [4.69, 9.17) is 13.9 Å². The third kappa shape index (κ3) is 3.57. The highest BCUT2D eigenvalue weighted by molar-refractivity contribution is 7.88. The second-order valence-electron chi connectivity index (χ2n) is 5.92. The number of rotatable bonds is 2. The average Bonchev–Trinajstić information content (AvgIpc) is 2.95. The fourth-order valence-corrected chi connectivity index (χ4v) is 3.80. The minimum absolute atomic E-state index is 0.156. The van der Waals surface area contributed by atoms with Crippen molar-refractivity contribution in [2.24, 2.45) is 0 Å². The number of furan rings is 1. The third-order valence-electron chi connectivity index (χ3n) is 4.09. The first-order chi connectivity index (χ1) is 10.9. The molecule has 0 unspecified atom stereocenters. The Bertz CT molecular complexity index is 659. The van der Waals surface area contributed by atoms with Gasteiger partial charge in [-0.1, -0.05) is 0 Å². The summed E-state index contributed by atoms with van der Waals surface area (Å²) in [6.07, 6.45) is 4.02. The van der Waals surface area contributed by atoms with Gasteiger partial charge in [0.25, 0.3) is 5.91 Å². The van der Waals surface area contributed by atoms with E-state index in [2.05, 4.69) is 0 Å². The molecule has 2 aliphatic rings. The first-order valence-corrected chi connectivity index (χ1v) is 9.23. The fourth-order valence-electron chi connectivity index (χ4n) is 2.92. The summed E-state index contributed by atoms with van der Waals surface area (Å²) in [6.45, 7) is 2.11. The quantitative estimate of drug-likeness (QED) is 0.737. The van der Waals surface area contributed by atoms with Crippen LogP contribution in [-0.4, -0.2) is 81.4 Å². The van der Waals surface area contributed by atoms with Crippen molar-refractivity contribution in [1.82, 2.24) is 9.21 Å². The molecule has 2 saturated heterocycles. The maximum absolute atomic E-state index is 12.5. The monoisotopic (exact) mass is 344 g/mol. The van der Waals surface area contributed by atoms with Crippen LogP contribution in [0.3, 0.4) is 0 Å². The third-order valence-corrected chi connectivity index (χ3v) is 5.34. The number of carbonyl (C=O) groups excluding carboxylic acids is 1. The van der Waals surface area contributed by atoms with E-state index in [0.29, 0.717) is 31.9 Å². The van der Waals surface area contributed by atoms with Crippen molar-refractivity contribution in [3.63, 3.8) is 0 Å². The van der Waals surface area contributed by atoms with Crippen molar-refractivity contribution >= 4 is 15.9 Å². The van der Waals surface area contributed by atoms with Crippen LogP contribution >= 0.6 is 0 Å². The van der Waals surface area contributed by atoms with Crippen molar-refractivity contribution in [3.8, 4) is 0 Å². The molecule has 2 fully saturated rings. The molecule has 1 aromatic heterocycles. The maximum Gasteiger partial charge on any atom is 0.257 e. The van der Waals surface area contributed by atoms with E-state index in [1.54, 1.807) is 11.0 Å². The predicted octanol–water partition coefficient (Wildman–Crippen LogP) is -0.217. The molecule has 0 saturated carbocycles. The lowest BCUT2D eigenvalue weighted by Gasteiger charge is -2.42. The molecule has 1 spiro atoms. The van der Waals surface area contributed by atoms with Gasteiger partial charge in [0.2, 0.25) is 10.0 Å². The van der Waals surface area contributed by atoms with E-state index in [9.17, 15) is 13.2 Å². The molecule has 0 N–H and O–H groups in total. The van der Waals surface area contributed by atoms with E-state index >= 15 is 0 Å². The number of ether oxygens (including phenoxy) is 2. The molecule has 3 rings (SSSR count). The lowest BCUT2D eigenvalue weighted by molar-refractivity contribution is -0.129. The van der Waals surface area contributed by atoms with Crippen molar-refractivity contribution in [2.75, 3.05) is 52.3 Å². The SMILES string of the molecule is CS(=O)(=O)N1CCOC[C@]2(CN(C(=O)c3ccoc3)CCO2)C1. The number of hydrogen-bond acceptors (Lipinski definition) is 6. The van der Waals surface area contributed by atoms with E-state index in [1.165, 1.54) is 23.1 Å². The molecule has 128 valence electrons. The Hall–Kier alpha value is -1.42. The van der Waals surface area contributed by atoms with Crippen LogP contribution in [0.25, 0.3) is 0 Å². The minimum Gasteiger partial charge on any atom is -0.472 e. The number of amides is 1. The van der Waals surface area contributed by atoms with E-state index in [0.717, 1.165) is 0 Å². The van der Waals surface area contributed by atoms with Crippen molar-refractivity contribution in [1.29, 1.82) is 0 Å². The molecule has 9 heteroatoms. The summed E-state index contributed by atoms with van der Waals surface area (Å²) in [5.74, 6) is -0.156. The molecule has 0 radical (unpaired) electrons. The second kappa shape index (κ2) is 6.23. The second-order valence-corrected chi connectivity index (χ2v) is 7.90. The van der Waals surface area contributed by atoms with Gasteiger partial charge in [0.15, 0.2) is 0 Å². The summed E-state index contributed by atoms with van der Waals surface area (Å²) in [5, 5.41) is 0. The van der Waals surface area contributed by atoms with Gasteiger partial charge in [-0.3, -0.25) is 4.79 Å². The molecular weight excluding hydrogens is 324 g/mol. The van der Waals surface area contributed by atoms with Crippen LogP contribution in [0.2, 0.25) is 0 Å². The number of sulfonamides is 1. The highest BCUT2D eigenvalue weighted by Gasteiger charge is 2.43. The Morgan fingerprint density at radius 3 is 2.78 bits per heavy atom. The molecule has 0 aliphatic carbocycles. The molecule has 8 nitrogen and oxygen atoms in total. The molecule has 1 aromatic rings. The summed E-state index contributed by atoms with van der Waals surface area (Å²) in [7, 11) is -3.35. The van der Waals surface area contributed by atoms with Gasteiger partial charge in [-0.05, 0) is 6.07 Å². The summed E-state index contributed by atoms with van der Waals surface area (Å²) in [4.78, 5) is 14.1. The van der Waals surface area contributed by atoms with Crippen LogP contribution in [0, 0.1) is 0 Å². The number of nitrogens with zero attached hydrogens (tertiary/aromatic N) is 2. The molecule has 0 bridgehead atoms. The zero-order valence-corrected chi connectivity index (χ0v) is 13.8. The van der Waals surface area contributed by atoms with Crippen LogP contribution in [-0.2, 0) is 19.5 Å². The van der Waals surface area contributed by atoms with Crippen LogP contribution in [0.15, 0.2) is 23.0 Å². The standard InChI is InChI=1S/C14H20N2O6S/c1-23(18,19)16-4-6-21-11-14(10-16)9-15(3-7-22-14)13(17)12-2-5-20-8-12/h2,5,8H,3-4,6-7,9-11H2,1H3/t14-/m0/s1. The largest absolute Gasteiger partial charge is 0.472 e. The Labute approximate surface area is 135 Å². The number of carbonyl (C=O) groups is 1. The maximum atomic E-state index is 12.5. The number of morpholine rings is 1. The Kier molecular flexibility index (Phi) is 4.45. The van der Waals surface area contributed by atoms with Gasteiger partial charge in [-0.25, -0.2) is 8.42 Å². The fraction of sp³-hybridized carbons (Fsp3) is 0.643. The summed E-state index contributed by atoms with van der Waals surface area (Å²) in [6, 6.07) is 1.61. The zero-order chi connectivity index (χ0) is 16.5. The zero-order valence-electron chi connectivity index (χ0n) is 12.9. The van der Waals surface area contributed by atoms with Crippen molar-refractivity contribution in [3.05, 3.63) is 24.2 Å². The van der Waals surface area contributed by atoms with Crippen LogP contribution in [0.5, 0.6) is 0 Å². The number of hydrogen-bond donors (Lipinski definition) is 0. The smallest absolute Gasteiger partial charge is 0.257 e.